The Labute approximate surface area is 102 Å². The van der Waals surface area contributed by atoms with Gasteiger partial charge in [-0.05, 0) is 32.8 Å². The van der Waals surface area contributed by atoms with Gasteiger partial charge in [-0.15, -0.1) is 0 Å². The van der Waals surface area contributed by atoms with Gasteiger partial charge in [-0.25, -0.2) is 8.42 Å². The summed E-state index contributed by atoms with van der Waals surface area (Å²) in [6.07, 6.45) is 2.36. The average molecular weight is 257 g/mol. The van der Waals surface area contributed by atoms with Gasteiger partial charge in [-0.2, -0.15) is 0 Å². The van der Waals surface area contributed by atoms with Crippen LogP contribution in [0.25, 0.3) is 0 Å². The molecule has 2 atom stereocenters. The van der Waals surface area contributed by atoms with Gasteiger partial charge in [0.15, 0.2) is 9.84 Å². The first-order valence-electron chi connectivity index (χ1n) is 5.96. The van der Waals surface area contributed by atoms with Crippen LogP contribution >= 0.6 is 0 Å². The zero-order valence-electron chi connectivity index (χ0n) is 10.3. The molecule has 0 bridgehead atoms. The van der Waals surface area contributed by atoms with Crippen molar-refractivity contribution in [2.75, 3.05) is 5.75 Å². The van der Waals surface area contributed by atoms with Crippen molar-refractivity contribution in [3.63, 3.8) is 0 Å². The van der Waals surface area contributed by atoms with E-state index in [1.165, 1.54) is 0 Å². The second kappa shape index (κ2) is 4.46. The van der Waals surface area contributed by atoms with Crippen molar-refractivity contribution in [3.8, 4) is 0 Å². The average Bonchev–Trinajstić information content (AvgIpc) is 2.56. The summed E-state index contributed by atoms with van der Waals surface area (Å²) in [5.74, 6) is 1.78. The molecule has 0 saturated carbocycles. The number of aryl methyl sites for hydroxylation is 2. The monoisotopic (exact) mass is 257 g/mol. The molecule has 2 rings (SSSR count). The van der Waals surface area contributed by atoms with Gasteiger partial charge in [0.2, 0.25) is 0 Å². The Morgan fingerprint density at radius 1 is 1.41 bits per heavy atom. The minimum atomic E-state index is -3.05. The number of sulfone groups is 1. The third-order valence-corrected chi connectivity index (χ3v) is 5.78. The quantitative estimate of drug-likeness (QED) is 0.877. The van der Waals surface area contributed by atoms with E-state index < -0.39 is 21.1 Å². The van der Waals surface area contributed by atoms with Crippen LogP contribution in [0, 0.1) is 13.8 Å². The highest BCUT2D eigenvalue weighted by atomic mass is 32.2. The lowest BCUT2D eigenvalue weighted by atomic mass is 10.0. The van der Waals surface area contributed by atoms with E-state index in [2.05, 4.69) is 0 Å². The van der Waals surface area contributed by atoms with Crippen LogP contribution in [0.4, 0.5) is 0 Å². The van der Waals surface area contributed by atoms with Gasteiger partial charge < -0.3 is 10.2 Å². The van der Waals surface area contributed by atoms with Gasteiger partial charge in [-0.1, -0.05) is 6.42 Å². The molecule has 0 spiro atoms. The second-order valence-corrected chi connectivity index (χ2v) is 7.14. The summed E-state index contributed by atoms with van der Waals surface area (Å²) >= 11 is 0. The Balaban J connectivity index is 2.31. The number of hydrogen-bond acceptors (Lipinski definition) is 4. The molecule has 0 aromatic carbocycles. The summed E-state index contributed by atoms with van der Waals surface area (Å²) in [6, 6.07) is 1.39. The Kier molecular flexibility index (Phi) is 3.32. The molecule has 4 nitrogen and oxygen atoms in total. The molecule has 5 heteroatoms. The van der Waals surface area contributed by atoms with Gasteiger partial charge in [0.25, 0.3) is 0 Å². The standard InChI is InChI=1S/C12H19NO3S/c1-8-7-10(9(2)16-8)12(13)11-5-3-4-6-17(11,14)15/h7,11-12H,3-6,13H2,1-2H3. The van der Waals surface area contributed by atoms with E-state index in [4.69, 9.17) is 10.2 Å². The van der Waals surface area contributed by atoms with Crippen molar-refractivity contribution < 1.29 is 12.8 Å². The number of hydrogen-bond donors (Lipinski definition) is 1. The zero-order valence-corrected chi connectivity index (χ0v) is 11.1. The molecule has 1 fully saturated rings. The molecule has 17 heavy (non-hydrogen) atoms. The number of furan rings is 1. The molecule has 1 aliphatic heterocycles. The fourth-order valence-electron chi connectivity index (χ4n) is 2.56. The van der Waals surface area contributed by atoms with E-state index in [9.17, 15) is 8.42 Å². The van der Waals surface area contributed by atoms with Crippen LogP contribution in [-0.2, 0) is 9.84 Å². The van der Waals surface area contributed by atoms with E-state index in [1.807, 2.05) is 19.9 Å². The summed E-state index contributed by atoms with van der Waals surface area (Å²) in [6.45, 7) is 3.68. The van der Waals surface area contributed by atoms with Gasteiger partial charge in [0, 0.05) is 11.6 Å². The first-order chi connectivity index (χ1) is 7.92. The Hall–Kier alpha value is -0.810. The lowest BCUT2D eigenvalue weighted by Gasteiger charge is -2.27. The van der Waals surface area contributed by atoms with Crippen molar-refractivity contribution in [2.45, 2.75) is 44.4 Å². The first kappa shape index (κ1) is 12.6. The fourth-order valence-corrected chi connectivity index (χ4v) is 4.59. The van der Waals surface area contributed by atoms with Crippen molar-refractivity contribution in [1.29, 1.82) is 0 Å². The molecule has 1 saturated heterocycles. The van der Waals surface area contributed by atoms with Crippen LogP contribution in [0.2, 0.25) is 0 Å². The molecule has 1 aromatic rings. The van der Waals surface area contributed by atoms with Gasteiger partial charge in [0.1, 0.15) is 11.5 Å². The Bertz CT molecular complexity index is 504. The summed E-state index contributed by atoms with van der Waals surface area (Å²) < 4.78 is 29.4. The Morgan fingerprint density at radius 2 is 2.12 bits per heavy atom. The SMILES string of the molecule is Cc1cc(C(N)C2CCCCS2(=O)=O)c(C)o1. The minimum absolute atomic E-state index is 0.265. The molecular weight excluding hydrogens is 238 g/mol. The van der Waals surface area contributed by atoms with Crippen LogP contribution in [0.3, 0.4) is 0 Å². The van der Waals surface area contributed by atoms with Crippen LogP contribution in [0.5, 0.6) is 0 Å². The third kappa shape index (κ3) is 2.40. The summed E-state index contributed by atoms with van der Waals surface area (Å²) in [5.41, 5.74) is 6.95. The van der Waals surface area contributed by atoms with E-state index in [1.54, 1.807) is 0 Å². The van der Waals surface area contributed by atoms with Crippen LogP contribution in [-0.4, -0.2) is 19.4 Å². The van der Waals surface area contributed by atoms with Crippen LogP contribution < -0.4 is 5.73 Å². The predicted octanol–water partition coefficient (Wildman–Crippen LogP) is 1.86. The highest BCUT2D eigenvalue weighted by molar-refractivity contribution is 7.92. The molecule has 0 aliphatic carbocycles. The fraction of sp³-hybridized carbons (Fsp3) is 0.667. The molecule has 2 heterocycles. The minimum Gasteiger partial charge on any atom is -0.466 e. The maximum atomic E-state index is 12.0. The summed E-state index contributed by atoms with van der Waals surface area (Å²) in [7, 11) is -3.05. The summed E-state index contributed by atoms with van der Waals surface area (Å²) in [4.78, 5) is 0. The van der Waals surface area contributed by atoms with Crippen molar-refractivity contribution in [1.82, 2.24) is 0 Å². The van der Waals surface area contributed by atoms with Crippen molar-refractivity contribution in [3.05, 3.63) is 23.2 Å². The van der Waals surface area contributed by atoms with Gasteiger partial charge >= 0.3 is 0 Å². The van der Waals surface area contributed by atoms with E-state index in [0.717, 1.165) is 29.9 Å². The summed E-state index contributed by atoms with van der Waals surface area (Å²) in [5, 5.41) is -0.452. The molecule has 2 N–H and O–H groups in total. The first-order valence-corrected chi connectivity index (χ1v) is 7.67. The Morgan fingerprint density at radius 3 is 2.65 bits per heavy atom. The van der Waals surface area contributed by atoms with Crippen molar-refractivity contribution >= 4 is 9.84 Å². The normalized spacial score (nSPS) is 25.7. The topological polar surface area (TPSA) is 73.3 Å². The number of rotatable bonds is 2. The molecule has 96 valence electrons. The van der Waals surface area contributed by atoms with E-state index >= 15 is 0 Å². The van der Waals surface area contributed by atoms with Crippen LogP contribution in [0.1, 0.15) is 42.4 Å². The number of nitrogens with two attached hydrogens (primary N) is 1. The van der Waals surface area contributed by atoms with E-state index in [0.29, 0.717) is 6.42 Å². The molecule has 0 radical (unpaired) electrons. The molecule has 0 amide bonds. The van der Waals surface area contributed by atoms with Gasteiger partial charge in [0.05, 0.1) is 11.0 Å². The highest BCUT2D eigenvalue weighted by Crippen LogP contribution is 2.31. The highest BCUT2D eigenvalue weighted by Gasteiger charge is 2.35. The smallest absolute Gasteiger partial charge is 0.155 e. The lowest BCUT2D eigenvalue weighted by Crippen LogP contribution is -2.37. The molecule has 1 aromatic heterocycles. The van der Waals surface area contributed by atoms with Crippen LogP contribution in [0.15, 0.2) is 10.5 Å². The predicted molar refractivity (Wildman–Crippen MR) is 66.5 cm³/mol. The largest absolute Gasteiger partial charge is 0.466 e. The van der Waals surface area contributed by atoms with Gasteiger partial charge in [-0.3, -0.25) is 0 Å². The van der Waals surface area contributed by atoms with Crippen molar-refractivity contribution in [2.24, 2.45) is 5.73 Å². The molecule has 1 aliphatic rings. The van der Waals surface area contributed by atoms with E-state index in [-0.39, 0.29) is 5.75 Å². The lowest BCUT2D eigenvalue weighted by molar-refractivity contribution is 0.482. The maximum absolute atomic E-state index is 12.0. The zero-order chi connectivity index (χ0) is 12.6. The molecule has 2 unspecified atom stereocenters. The third-order valence-electron chi connectivity index (χ3n) is 3.47. The second-order valence-electron chi connectivity index (χ2n) is 4.80. The molecular formula is C12H19NO3S. The maximum Gasteiger partial charge on any atom is 0.155 e.